The minimum absolute atomic E-state index is 0.785. The van der Waals surface area contributed by atoms with E-state index >= 15 is 0 Å². The van der Waals surface area contributed by atoms with Gasteiger partial charge < -0.3 is 4.90 Å². The van der Waals surface area contributed by atoms with Gasteiger partial charge in [-0.3, -0.25) is 0 Å². The summed E-state index contributed by atoms with van der Waals surface area (Å²) in [6.45, 7) is 3.59. The van der Waals surface area contributed by atoms with Crippen molar-refractivity contribution in [2.24, 2.45) is 5.92 Å². The van der Waals surface area contributed by atoms with E-state index in [1.807, 2.05) is 0 Å². The maximum absolute atomic E-state index is 2.43. The molecule has 1 heteroatoms. The third-order valence-electron chi connectivity index (χ3n) is 3.07. The van der Waals surface area contributed by atoms with Gasteiger partial charge in [-0.05, 0) is 30.8 Å². The Bertz CT molecular complexity index is 237. The Morgan fingerprint density at radius 1 is 1.50 bits per heavy atom. The van der Waals surface area contributed by atoms with Gasteiger partial charge in [0.05, 0.1) is 0 Å². The Morgan fingerprint density at radius 2 is 2.33 bits per heavy atom. The lowest BCUT2D eigenvalue weighted by atomic mass is 9.87. The van der Waals surface area contributed by atoms with E-state index in [0.717, 1.165) is 5.92 Å². The van der Waals surface area contributed by atoms with Crippen molar-refractivity contribution in [3.63, 3.8) is 0 Å². The van der Waals surface area contributed by atoms with E-state index in [0.29, 0.717) is 0 Å². The Kier molecular flexibility index (Phi) is 1.95. The average Bonchev–Trinajstić information content (AvgIpc) is 2.12. The Hall–Kier alpha value is -0.720. The highest BCUT2D eigenvalue weighted by atomic mass is 15.1. The van der Waals surface area contributed by atoms with Crippen LogP contribution in [0.2, 0.25) is 0 Å². The molecule has 0 fully saturated rings. The van der Waals surface area contributed by atoms with Gasteiger partial charge in [0.2, 0.25) is 0 Å². The lowest BCUT2D eigenvalue weighted by Gasteiger charge is -2.35. The van der Waals surface area contributed by atoms with Crippen LogP contribution in [-0.4, -0.2) is 18.5 Å². The SMILES string of the molecule is CC1CCN(C)C2=C1C=CCC2. The average molecular weight is 163 g/mol. The maximum atomic E-state index is 2.43. The molecule has 0 saturated carbocycles. The zero-order chi connectivity index (χ0) is 8.55. The number of allylic oxidation sites excluding steroid dienone is 4. The van der Waals surface area contributed by atoms with Gasteiger partial charge in [-0.15, -0.1) is 0 Å². The summed E-state index contributed by atoms with van der Waals surface area (Å²) in [5.74, 6) is 0.785. The summed E-state index contributed by atoms with van der Waals surface area (Å²) < 4.78 is 0. The van der Waals surface area contributed by atoms with Gasteiger partial charge >= 0.3 is 0 Å². The first kappa shape index (κ1) is 7.90. The molecule has 1 heterocycles. The molecule has 0 radical (unpaired) electrons. The van der Waals surface area contributed by atoms with E-state index in [4.69, 9.17) is 0 Å². The molecular weight excluding hydrogens is 146 g/mol. The summed E-state index contributed by atoms with van der Waals surface area (Å²) in [5.41, 5.74) is 3.19. The number of hydrogen-bond acceptors (Lipinski definition) is 1. The third kappa shape index (κ3) is 1.17. The van der Waals surface area contributed by atoms with Crippen LogP contribution in [0.3, 0.4) is 0 Å². The predicted octanol–water partition coefficient (Wildman–Crippen LogP) is 2.56. The summed E-state index contributed by atoms with van der Waals surface area (Å²) in [6.07, 6.45) is 8.45. The van der Waals surface area contributed by atoms with E-state index in [9.17, 15) is 0 Å². The molecule has 1 unspecified atom stereocenters. The molecule has 0 N–H and O–H groups in total. The van der Waals surface area contributed by atoms with Gasteiger partial charge in [-0.25, -0.2) is 0 Å². The van der Waals surface area contributed by atoms with Gasteiger partial charge in [-0.1, -0.05) is 19.1 Å². The van der Waals surface area contributed by atoms with Crippen molar-refractivity contribution in [3.8, 4) is 0 Å². The highest BCUT2D eigenvalue weighted by Crippen LogP contribution is 2.32. The van der Waals surface area contributed by atoms with Crippen molar-refractivity contribution in [1.29, 1.82) is 0 Å². The van der Waals surface area contributed by atoms with Crippen molar-refractivity contribution < 1.29 is 0 Å². The fraction of sp³-hybridized carbons (Fsp3) is 0.636. The van der Waals surface area contributed by atoms with Crippen molar-refractivity contribution in [2.45, 2.75) is 26.2 Å². The highest BCUT2D eigenvalue weighted by Gasteiger charge is 2.22. The number of hydrogen-bond donors (Lipinski definition) is 0. The molecule has 1 atom stereocenters. The molecule has 0 aromatic carbocycles. The summed E-state index contributed by atoms with van der Waals surface area (Å²) in [5, 5.41) is 0. The molecule has 2 aliphatic rings. The predicted molar refractivity (Wildman–Crippen MR) is 51.8 cm³/mol. The van der Waals surface area contributed by atoms with Gasteiger partial charge in [0.25, 0.3) is 0 Å². The first-order chi connectivity index (χ1) is 5.79. The molecule has 0 saturated heterocycles. The normalized spacial score (nSPS) is 29.2. The fourth-order valence-corrected chi connectivity index (χ4v) is 2.21. The van der Waals surface area contributed by atoms with Crippen LogP contribution >= 0.6 is 0 Å². The standard InChI is InChI=1S/C11H17N/c1-9-7-8-12(2)11-6-4-3-5-10(9)11/h3,5,9H,4,6-8H2,1-2H3. The fourth-order valence-electron chi connectivity index (χ4n) is 2.21. The molecule has 0 amide bonds. The number of rotatable bonds is 0. The maximum Gasteiger partial charge on any atom is 0.0177 e. The molecule has 1 aliphatic heterocycles. The van der Waals surface area contributed by atoms with Crippen molar-refractivity contribution >= 4 is 0 Å². The molecular formula is C11H17N. The zero-order valence-corrected chi connectivity index (χ0v) is 8.01. The minimum Gasteiger partial charge on any atom is -0.378 e. The van der Waals surface area contributed by atoms with E-state index in [1.165, 1.54) is 25.8 Å². The van der Waals surface area contributed by atoms with Crippen LogP contribution in [0.5, 0.6) is 0 Å². The molecule has 0 bridgehead atoms. The second-order valence-electron chi connectivity index (χ2n) is 3.95. The Balaban J connectivity index is 2.34. The summed E-state index contributed by atoms with van der Waals surface area (Å²) in [4.78, 5) is 2.43. The van der Waals surface area contributed by atoms with Gasteiger partial charge in [0, 0.05) is 19.3 Å². The van der Waals surface area contributed by atoms with Crippen LogP contribution in [0, 0.1) is 5.92 Å². The summed E-state index contributed by atoms with van der Waals surface area (Å²) in [7, 11) is 2.22. The topological polar surface area (TPSA) is 3.24 Å². The van der Waals surface area contributed by atoms with Crippen molar-refractivity contribution in [1.82, 2.24) is 4.90 Å². The van der Waals surface area contributed by atoms with E-state index in [-0.39, 0.29) is 0 Å². The molecule has 1 nitrogen and oxygen atoms in total. The van der Waals surface area contributed by atoms with Gasteiger partial charge in [-0.2, -0.15) is 0 Å². The monoisotopic (exact) mass is 163 g/mol. The van der Waals surface area contributed by atoms with E-state index in [1.54, 1.807) is 11.3 Å². The molecule has 66 valence electrons. The lowest BCUT2D eigenvalue weighted by Crippen LogP contribution is -2.29. The highest BCUT2D eigenvalue weighted by molar-refractivity contribution is 5.32. The molecule has 0 aromatic heterocycles. The molecule has 12 heavy (non-hydrogen) atoms. The van der Waals surface area contributed by atoms with Gasteiger partial charge in [0.15, 0.2) is 0 Å². The summed E-state index contributed by atoms with van der Waals surface area (Å²) >= 11 is 0. The zero-order valence-electron chi connectivity index (χ0n) is 8.01. The van der Waals surface area contributed by atoms with Crippen LogP contribution < -0.4 is 0 Å². The molecule has 2 rings (SSSR count). The molecule has 0 spiro atoms. The van der Waals surface area contributed by atoms with E-state index in [2.05, 4.69) is 31.0 Å². The van der Waals surface area contributed by atoms with E-state index < -0.39 is 0 Å². The molecule has 1 aliphatic carbocycles. The minimum atomic E-state index is 0.785. The van der Waals surface area contributed by atoms with Crippen LogP contribution in [0.1, 0.15) is 26.2 Å². The molecule has 0 aromatic rings. The second-order valence-corrected chi connectivity index (χ2v) is 3.95. The van der Waals surface area contributed by atoms with Crippen LogP contribution in [0.25, 0.3) is 0 Å². The van der Waals surface area contributed by atoms with Crippen LogP contribution in [0.15, 0.2) is 23.4 Å². The van der Waals surface area contributed by atoms with Crippen LogP contribution in [-0.2, 0) is 0 Å². The number of nitrogens with zero attached hydrogens (tertiary/aromatic N) is 1. The smallest absolute Gasteiger partial charge is 0.0177 e. The van der Waals surface area contributed by atoms with Crippen molar-refractivity contribution in [2.75, 3.05) is 13.6 Å². The Morgan fingerprint density at radius 3 is 3.08 bits per heavy atom. The third-order valence-corrected chi connectivity index (χ3v) is 3.07. The van der Waals surface area contributed by atoms with Gasteiger partial charge in [0.1, 0.15) is 0 Å². The summed E-state index contributed by atoms with van der Waals surface area (Å²) in [6, 6.07) is 0. The Labute approximate surface area is 74.8 Å². The lowest BCUT2D eigenvalue weighted by molar-refractivity contribution is 0.331. The van der Waals surface area contributed by atoms with Crippen LogP contribution in [0.4, 0.5) is 0 Å². The second kappa shape index (κ2) is 2.96. The first-order valence-electron chi connectivity index (χ1n) is 4.90. The quantitative estimate of drug-likeness (QED) is 0.530. The first-order valence-corrected chi connectivity index (χ1v) is 4.90. The largest absolute Gasteiger partial charge is 0.378 e. The van der Waals surface area contributed by atoms with Crippen molar-refractivity contribution in [3.05, 3.63) is 23.4 Å².